The second kappa shape index (κ2) is 6.97. The van der Waals surface area contributed by atoms with Crippen molar-refractivity contribution in [1.82, 2.24) is 19.6 Å². The van der Waals surface area contributed by atoms with E-state index in [-0.39, 0.29) is 24.1 Å². The monoisotopic (exact) mass is 407 g/mol. The third kappa shape index (κ3) is 2.74. The third-order valence-electron chi connectivity index (χ3n) is 6.71. The molecule has 1 aromatic carbocycles. The van der Waals surface area contributed by atoms with Crippen LogP contribution in [0, 0.1) is 0 Å². The molecule has 0 saturated carbocycles. The van der Waals surface area contributed by atoms with Crippen molar-refractivity contribution in [3.05, 3.63) is 47.8 Å². The Balaban J connectivity index is 1.49. The Bertz CT molecular complexity index is 1030. The number of amides is 3. The molecule has 8 nitrogen and oxygen atoms in total. The molecule has 0 aliphatic carbocycles. The summed E-state index contributed by atoms with van der Waals surface area (Å²) in [6, 6.07) is 7.31. The summed E-state index contributed by atoms with van der Waals surface area (Å²) in [5.74, 6) is 0.0220. The molecule has 3 amide bonds. The van der Waals surface area contributed by atoms with Gasteiger partial charge in [-0.15, -0.1) is 0 Å². The summed E-state index contributed by atoms with van der Waals surface area (Å²) in [6.07, 6.45) is 5.88. The van der Waals surface area contributed by atoms with Gasteiger partial charge in [-0.3, -0.25) is 19.1 Å². The number of aryl methyl sites for hydroxylation is 1. The van der Waals surface area contributed by atoms with Gasteiger partial charge in [0.05, 0.1) is 12.2 Å². The van der Waals surface area contributed by atoms with Gasteiger partial charge in [-0.05, 0) is 24.5 Å². The number of likely N-dealkylation sites (tertiary alicyclic amines) is 2. The highest BCUT2D eigenvalue weighted by Gasteiger charge is 2.59. The van der Waals surface area contributed by atoms with Gasteiger partial charge in [-0.1, -0.05) is 18.2 Å². The van der Waals surface area contributed by atoms with Gasteiger partial charge in [0.25, 0.3) is 0 Å². The molecule has 156 valence electrons. The van der Waals surface area contributed by atoms with E-state index in [1.54, 1.807) is 15.8 Å². The van der Waals surface area contributed by atoms with Crippen LogP contribution in [0.2, 0.25) is 0 Å². The lowest BCUT2D eigenvalue weighted by atomic mass is 9.73. The number of carbonyl (C=O) groups is 3. The van der Waals surface area contributed by atoms with Gasteiger partial charge in [-0.2, -0.15) is 5.10 Å². The number of hydrogen-bond acceptors (Lipinski definition) is 4. The Morgan fingerprint density at radius 1 is 1.27 bits per heavy atom. The third-order valence-corrected chi connectivity index (χ3v) is 6.71. The van der Waals surface area contributed by atoms with Crippen LogP contribution in [-0.4, -0.2) is 56.9 Å². The molecule has 2 fully saturated rings. The molecule has 1 spiro atoms. The van der Waals surface area contributed by atoms with Crippen LogP contribution < -0.4 is 5.32 Å². The summed E-state index contributed by atoms with van der Waals surface area (Å²) >= 11 is 0. The fraction of sp³-hybridized carbons (Fsp3) is 0.455. The van der Waals surface area contributed by atoms with Crippen molar-refractivity contribution in [2.24, 2.45) is 7.05 Å². The van der Waals surface area contributed by atoms with Crippen molar-refractivity contribution in [1.29, 1.82) is 0 Å². The number of para-hydroxylation sites is 1. The minimum Gasteiger partial charge on any atom is -0.342 e. The Morgan fingerprint density at radius 2 is 2.10 bits per heavy atom. The summed E-state index contributed by atoms with van der Waals surface area (Å²) in [5, 5.41) is 7.33. The maximum atomic E-state index is 13.3. The summed E-state index contributed by atoms with van der Waals surface area (Å²) in [4.78, 5) is 42.1. The molecule has 0 bridgehead atoms. The quantitative estimate of drug-likeness (QED) is 0.834. The predicted octanol–water partition coefficient (Wildman–Crippen LogP) is 1.60. The first-order valence-electron chi connectivity index (χ1n) is 10.5. The number of anilines is 1. The molecule has 0 unspecified atom stereocenters. The first-order chi connectivity index (χ1) is 14.5. The average Bonchev–Trinajstić information content (AvgIpc) is 3.49. The normalized spacial score (nSPS) is 25.3. The second-order valence-electron chi connectivity index (χ2n) is 8.39. The Hall–Kier alpha value is -3.16. The Morgan fingerprint density at radius 3 is 2.83 bits per heavy atom. The van der Waals surface area contributed by atoms with Crippen LogP contribution in [-0.2, 0) is 26.8 Å². The molecule has 2 aromatic rings. The van der Waals surface area contributed by atoms with Gasteiger partial charge in [-0.25, -0.2) is 0 Å². The topological polar surface area (TPSA) is 87.5 Å². The SMILES string of the molecule is Cn1cc([C@@H]2N(C(=O)CCN3CCCC3=O)CC[C@]23C(=O)Nc2ccccc23)cn1. The number of benzene rings is 1. The van der Waals surface area contributed by atoms with Crippen molar-refractivity contribution >= 4 is 23.4 Å². The molecule has 2 saturated heterocycles. The minimum atomic E-state index is -0.821. The van der Waals surface area contributed by atoms with E-state index < -0.39 is 11.5 Å². The summed E-state index contributed by atoms with van der Waals surface area (Å²) in [7, 11) is 1.83. The molecular weight excluding hydrogens is 382 g/mol. The smallest absolute Gasteiger partial charge is 0.237 e. The largest absolute Gasteiger partial charge is 0.342 e. The van der Waals surface area contributed by atoms with E-state index in [0.29, 0.717) is 25.9 Å². The van der Waals surface area contributed by atoms with E-state index in [0.717, 1.165) is 29.8 Å². The van der Waals surface area contributed by atoms with Gasteiger partial charge in [0, 0.05) is 57.0 Å². The van der Waals surface area contributed by atoms with E-state index in [2.05, 4.69) is 10.4 Å². The molecule has 3 aliphatic heterocycles. The predicted molar refractivity (Wildman–Crippen MR) is 109 cm³/mol. The zero-order chi connectivity index (χ0) is 20.9. The van der Waals surface area contributed by atoms with Crippen LogP contribution in [0.1, 0.15) is 42.9 Å². The highest BCUT2D eigenvalue weighted by atomic mass is 16.2. The molecule has 4 heterocycles. The van der Waals surface area contributed by atoms with Crippen molar-refractivity contribution < 1.29 is 14.4 Å². The molecule has 0 radical (unpaired) electrons. The van der Waals surface area contributed by atoms with Gasteiger partial charge >= 0.3 is 0 Å². The van der Waals surface area contributed by atoms with Gasteiger partial charge in [0.2, 0.25) is 17.7 Å². The standard InChI is InChI=1S/C22H25N5O3/c1-25-14-15(13-23-25)20-22(16-5-2-3-6-17(16)24-21(22)30)9-12-27(20)19(29)8-11-26-10-4-7-18(26)28/h2-3,5-6,13-14,20H,4,7-12H2,1H3,(H,24,30)/t20-,22+/m0/s1. The summed E-state index contributed by atoms with van der Waals surface area (Å²) in [6.45, 7) is 1.65. The fourth-order valence-electron chi connectivity index (χ4n) is 5.31. The first-order valence-corrected chi connectivity index (χ1v) is 10.5. The molecular formula is C22H25N5O3. The maximum absolute atomic E-state index is 13.3. The number of nitrogens with one attached hydrogen (secondary N) is 1. The highest BCUT2D eigenvalue weighted by Crippen LogP contribution is 2.54. The van der Waals surface area contributed by atoms with Crippen LogP contribution in [0.4, 0.5) is 5.69 Å². The minimum absolute atomic E-state index is 0.0300. The molecule has 8 heteroatoms. The van der Waals surface area contributed by atoms with Crippen LogP contribution >= 0.6 is 0 Å². The van der Waals surface area contributed by atoms with Crippen LogP contribution in [0.3, 0.4) is 0 Å². The molecule has 3 aliphatic rings. The number of fused-ring (bicyclic) bond motifs is 2. The van der Waals surface area contributed by atoms with Crippen LogP contribution in [0.25, 0.3) is 0 Å². The molecule has 1 aromatic heterocycles. The maximum Gasteiger partial charge on any atom is 0.237 e. The average molecular weight is 407 g/mol. The summed E-state index contributed by atoms with van der Waals surface area (Å²) < 4.78 is 1.70. The lowest BCUT2D eigenvalue weighted by molar-refractivity contribution is -0.134. The Labute approximate surface area is 174 Å². The fourth-order valence-corrected chi connectivity index (χ4v) is 5.31. The van der Waals surface area contributed by atoms with E-state index in [1.807, 2.05) is 42.4 Å². The van der Waals surface area contributed by atoms with Crippen molar-refractivity contribution in [3.63, 3.8) is 0 Å². The van der Waals surface area contributed by atoms with Crippen molar-refractivity contribution in [2.45, 2.75) is 37.1 Å². The number of nitrogens with zero attached hydrogens (tertiary/aromatic N) is 4. The van der Waals surface area contributed by atoms with Gasteiger partial charge in [0.1, 0.15) is 5.41 Å². The van der Waals surface area contributed by atoms with Crippen molar-refractivity contribution in [3.8, 4) is 0 Å². The zero-order valence-corrected chi connectivity index (χ0v) is 17.0. The number of carbonyl (C=O) groups excluding carboxylic acids is 3. The van der Waals surface area contributed by atoms with Crippen LogP contribution in [0.5, 0.6) is 0 Å². The lowest BCUT2D eigenvalue weighted by Gasteiger charge is -2.33. The van der Waals surface area contributed by atoms with Crippen molar-refractivity contribution in [2.75, 3.05) is 25.0 Å². The highest BCUT2D eigenvalue weighted by molar-refractivity contribution is 6.07. The number of hydrogen-bond donors (Lipinski definition) is 1. The van der Waals surface area contributed by atoms with E-state index >= 15 is 0 Å². The first kappa shape index (κ1) is 18.8. The molecule has 5 rings (SSSR count). The van der Waals surface area contributed by atoms with E-state index in [4.69, 9.17) is 0 Å². The lowest BCUT2D eigenvalue weighted by Crippen LogP contribution is -2.43. The van der Waals surface area contributed by atoms with Gasteiger partial charge in [0.15, 0.2) is 0 Å². The van der Waals surface area contributed by atoms with Crippen LogP contribution in [0.15, 0.2) is 36.7 Å². The second-order valence-corrected chi connectivity index (χ2v) is 8.39. The summed E-state index contributed by atoms with van der Waals surface area (Å²) in [5.41, 5.74) is 1.79. The van der Waals surface area contributed by atoms with E-state index in [9.17, 15) is 14.4 Å². The Kier molecular flexibility index (Phi) is 4.38. The van der Waals surface area contributed by atoms with E-state index in [1.165, 1.54) is 0 Å². The number of rotatable bonds is 4. The van der Waals surface area contributed by atoms with Gasteiger partial charge < -0.3 is 15.1 Å². The molecule has 2 atom stereocenters. The number of aromatic nitrogens is 2. The molecule has 30 heavy (non-hydrogen) atoms. The zero-order valence-electron chi connectivity index (χ0n) is 17.0. The molecule has 1 N–H and O–H groups in total.